The summed E-state index contributed by atoms with van der Waals surface area (Å²) in [6, 6.07) is 1.72. The van der Waals surface area contributed by atoms with Gasteiger partial charge in [0.2, 0.25) is 0 Å². The third kappa shape index (κ3) is 3.73. The summed E-state index contributed by atoms with van der Waals surface area (Å²) in [6.07, 6.45) is 3.28. The van der Waals surface area contributed by atoms with Gasteiger partial charge in [0.1, 0.15) is 0 Å². The van der Waals surface area contributed by atoms with Crippen LogP contribution in [-0.2, 0) is 0 Å². The molecule has 0 radical (unpaired) electrons. The number of carbonyl (C=O) groups excluding carboxylic acids is 1. The average Bonchev–Trinajstić information content (AvgIpc) is 2.35. The molecule has 1 unspecified atom stereocenters. The first-order chi connectivity index (χ1) is 8.06. The zero-order valence-corrected chi connectivity index (χ0v) is 10.9. The van der Waals surface area contributed by atoms with Crippen molar-refractivity contribution in [3.8, 4) is 0 Å². The van der Waals surface area contributed by atoms with E-state index in [1.54, 1.807) is 25.5 Å². The fraction of sp³-hybridized carbons (Fsp3) is 0.538. The number of rotatable bonds is 5. The summed E-state index contributed by atoms with van der Waals surface area (Å²) < 4.78 is 0. The van der Waals surface area contributed by atoms with Crippen molar-refractivity contribution >= 4 is 11.6 Å². The van der Waals surface area contributed by atoms with E-state index in [0.717, 1.165) is 5.69 Å². The Bertz CT molecular complexity index is 377. The molecule has 94 valence electrons. The molecule has 0 spiro atoms. The fourth-order valence-electron chi connectivity index (χ4n) is 1.38. The molecule has 1 aromatic heterocycles. The molecule has 1 atom stereocenters. The molecule has 0 bridgehead atoms. The third-order valence-electron chi connectivity index (χ3n) is 3.06. The van der Waals surface area contributed by atoms with E-state index < -0.39 is 0 Å². The smallest absolute Gasteiger partial charge is 0.253 e. The van der Waals surface area contributed by atoms with Crippen LogP contribution in [0.5, 0.6) is 0 Å². The molecule has 4 nitrogen and oxygen atoms in total. The second kappa shape index (κ2) is 6.23. The van der Waals surface area contributed by atoms with Crippen LogP contribution in [0.25, 0.3) is 0 Å². The lowest BCUT2D eigenvalue weighted by Crippen LogP contribution is -2.30. The lowest BCUT2D eigenvalue weighted by molar-refractivity contribution is 0.0945. The predicted octanol–water partition coefficient (Wildman–Crippen LogP) is 2.15. The summed E-state index contributed by atoms with van der Waals surface area (Å²) >= 11 is 0. The molecule has 0 saturated carbocycles. The van der Waals surface area contributed by atoms with E-state index in [1.807, 2.05) is 0 Å². The van der Waals surface area contributed by atoms with E-state index in [9.17, 15) is 4.79 Å². The molecule has 1 rings (SSSR count). The molecular weight excluding hydrogens is 214 g/mol. The first-order valence-corrected chi connectivity index (χ1v) is 5.96. The largest absolute Gasteiger partial charge is 0.386 e. The molecule has 1 heterocycles. The second-order valence-corrected chi connectivity index (χ2v) is 4.60. The van der Waals surface area contributed by atoms with Crippen LogP contribution in [-0.4, -0.2) is 24.5 Å². The Morgan fingerprint density at radius 3 is 2.71 bits per heavy atom. The number of carbonyl (C=O) groups is 1. The number of hydrogen-bond donors (Lipinski definition) is 2. The highest BCUT2D eigenvalue weighted by molar-refractivity contribution is 5.99. The highest BCUT2D eigenvalue weighted by atomic mass is 16.1. The van der Waals surface area contributed by atoms with Crippen LogP contribution < -0.4 is 10.6 Å². The molecule has 0 aliphatic heterocycles. The minimum absolute atomic E-state index is 0.0516. The van der Waals surface area contributed by atoms with E-state index in [4.69, 9.17) is 0 Å². The standard InChI is InChI=1S/C13H21N3O/c1-9(2)10(3)7-16-13(17)11-5-6-15-8-12(11)14-4/h5-6,8-10,14H,7H2,1-4H3,(H,16,17). The van der Waals surface area contributed by atoms with E-state index in [2.05, 4.69) is 36.4 Å². The SMILES string of the molecule is CNc1cnccc1C(=O)NCC(C)C(C)C. The number of pyridine rings is 1. The van der Waals surface area contributed by atoms with Crippen LogP contribution in [0.15, 0.2) is 18.5 Å². The van der Waals surface area contributed by atoms with Gasteiger partial charge in [0.15, 0.2) is 0 Å². The number of hydrogen-bond acceptors (Lipinski definition) is 3. The summed E-state index contributed by atoms with van der Waals surface area (Å²) in [6.45, 7) is 7.14. The van der Waals surface area contributed by atoms with Crippen LogP contribution >= 0.6 is 0 Å². The molecule has 1 aromatic rings. The molecule has 17 heavy (non-hydrogen) atoms. The molecular formula is C13H21N3O. The van der Waals surface area contributed by atoms with Gasteiger partial charge in [0.05, 0.1) is 17.4 Å². The number of nitrogens with zero attached hydrogens (tertiary/aromatic N) is 1. The minimum Gasteiger partial charge on any atom is -0.386 e. The average molecular weight is 235 g/mol. The number of aromatic nitrogens is 1. The predicted molar refractivity (Wildman–Crippen MR) is 70.1 cm³/mol. The van der Waals surface area contributed by atoms with Gasteiger partial charge in [-0.3, -0.25) is 9.78 Å². The highest BCUT2D eigenvalue weighted by Gasteiger charge is 2.12. The van der Waals surface area contributed by atoms with Gasteiger partial charge in [-0.2, -0.15) is 0 Å². The maximum Gasteiger partial charge on any atom is 0.253 e. The van der Waals surface area contributed by atoms with Gasteiger partial charge in [0, 0.05) is 19.8 Å². The van der Waals surface area contributed by atoms with E-state index in [1.165, 1.54) is 0 Å². The van der Waals surface area contributed by atoms with Crippen molar-refractivity contribution in [3.05, 3.63) is 24.0 Å². The third-order valence-corrected chi connectivity index (χ3v) is 3.06. The van der Waals surface area contributed by atoms with Gasteiger partial charge in [-0.1, -0.05) is 20.8 Å². The van der Waals surface area contributed by atoms with Crippen molar-refractivity contribution in [1.82, 2.24) is 10.3 Å². The van der Waals surface area contributed by atoms with Crippen molar-refractivity contribution < 1.29 is 4.79 Å². The van der Waals surface area contributed by atoms with E-state index in [-0.39, 0.29) is 5.91 Å². The van der Waals surface area contributed by atoms with Crippen molar-refractivity contribution in [2.24, 2.45) is 11.8 Å². The summed E-state index contributed by atoms with van der Waals surface area (Å²) in [5.74, 6) is 0.986. The summed E-state index contributed by atoms with van der Waals surface area (Å²) in [5.41, 5.74) is 1.39. The zero-order valence-electron chi connectivity index (χ0n) is 10.9. The maximum absolute atomic E-state index is 12.0. The molecule has 0 aliphatic rings. The Morgan fingerprint density at radius 2 is 2.12 bits per heavy atom. The Balaban J connectivity index is 2.64. The lowest BCUT2D eigenvalue weighted by Gasteiger charge is -2.16. The van der Waals surface area contributed by atoms with Gasteiger partial charge in [0.25, 0.3) is 5.91 Å². The minimum atomic E-state index is -0.0516. The van der Waals surface area contributed by atoms with Crippen molar-refractivity contribution in [1.29, 1.82) is 0 Å². The Morgan fingerprint density at radius 1 is 1.41 bits per heavy atom. The molecule has 0 aliphatic carbocycles. The Kier molecular flexibility index (Phi) is 4.94. The molecule has 0 saturated heterocycles. The quantitative estimate of drug-likeness (QED) is 0.822. The van der Waals surface area contributed by atoms with Gasteiger partial charge < -0.3 is 10.6 Å². The maximum atomic E-state index is 12.0. The van der Waals surface area contributed by atoms with Crippen molar-refractivity contribution in [2.75, 3.05) is 18.9 Å². The van der Waals surface area contributed by atoms with Crippen LogP contribution in [0, 0.1) is 11.8 Å². The van der Waals surface area contributed by atoms with Gasteiger partial charge in [-0.25, -0.2) is 0 Å². The zero-order chi connectivity index (χ0) is 12.8. The summed E-state index contributed by atoms with van der Waals surface area (Å²) in [5, 5.41) is 5.91. The van der Waals surface area contributed by atoms with E-state index >= 15 is 0 Å². The summed E-state index contributed by atoms with van der Waals surface area (Å²) in [4.78, 5) is 16.0. The molecule has 0 fully saturated rings. The normalized spacial score (nSPS) is 12.3. The molecule has 2 N–H and O–H groups in total. The number of nitrogens with one attached hydrogen (secondary N) is 2. The summed E-state index contributed by atoms with van der Waals surface area (Å²) in [7, 11) is 1.78. The monoisotopic (exact) mass is 235 g/mol. The van der Waals surface area contributed by atoms with Gasteiger partial charge >= 0.3 is 0 Å². The van der Waals surface area contributed by atoms with Crippen molar-refractivity contribution in [2.45, 2.75) is 20.8 Å². The Labute approximate surface area is 103 Å². The fourth-order valence-corrected chi connectivity index (χ4v) is 1.38. The molecule has 1 amide bonds. The van der Waals surface area contributed by atoms with Gasteiger partial charge in [-0.05, 0) is 17.9 Å². The molecule has 0 aromatic carbocycles. The van der Waals surface area contributed by atoms with Gasteiger partial charge in [-0.15, -0.1) is 0 Å². The first-order valence-electron chi connectivity index (χ1n) is 5.96. The van der Waals surface area contributed by atoms with Crippen LogP contribution in [0.2, 0.25) is 0 Å². The van der Waals surface area contributed by atoms with Crippen molar-refractivity contribution in [3.63, 3.8) is 0 Å². The molecule has 4 heteroatoms. The highest BCUT2D eigenvalue weighted by Crippen LogP contribution is 2.13. The van der Waals surface area contributed by atoms with Crippen LogP contribution in [0.4, 0.5) is 5.69 Å². The second-order valence-electron chi connectivity index (χ2n) is 4.60. The van der Waals surface area contributed by atoms with E-state index in [0.29, 0.717) is 23.9 Å². The van der Waals surface area contributed by atoms with Crippen LogP contribution in [0.3, 0.4) is 0 Å². The lowest BCUT2D eigenvalue weighted by atomic mass is 9.98. The number of anilines is 1. The van der Waals surface area contributed by atoms with Crippen LogP contribution in [0.1, 0.15) is 31.1 Å². The number of amides is 1. The topological polar surface area (TPSA) is 54.0 Å². The first kappa shape index (κ1) is 13.5. The Hall–Kier alpha value is -1.58.